The standard InChI is InChI=1S/C20H20N4OS/c1-23(2)14-8-10-15(11-9-14)24-19(17-7-5-13-25-17)18(22-20(24)26)16-6-3-4-12-21-16/h3-13,18-19H,1-2H3,(H,22,26)/t18-,19+/m1/s1. The van der Waals surface area contributed by atoms with Crippen LogP contribution in [0.15, 0.2) is 71.5 Å². The normalized spacial score (nSPS) is 19.5. The first-order chi connectivity index (χ1) is 12.6. The average molecular weight is 364 g/mol. The van der Waals surface area contributed by atoms with Crippen LogP contribution in [0.2, 0.25) is 0 Å². The molecule has 0 bridgehead atoms. The van der Waals surface area contributed by atoms with Crippen molar-refractivity contribution in [1.82, 2.24) is 10.3 Å². The maximum absolute atomic E-state index is 5.75. The molecule has 4 rings (SSSR count). The van der Waals surface area contributed by atoms with Crippen LogP contribution in [0, 0.1) is 0 Å². The molecule has 0 amide bonds. The highest BCUT2D eigenvalue weighted by molar-refractivity contribution is 7.80. The van der Waals surface area contributed by atoms with E-state index in [2.05, 4.69) is 44.4 Å². The molecule has 132 valence electrons. The fourth-order valence-electron chi connectivity index (χ4n) is 3.29. The minimum absolute atomic E-state index is 0.0802. The first-order valence-corrected chi connectivity index (χ1v) is 8.87. The minimum Gasteiger partial charge on any atom is -0.467 e. The largest absolute Gasteiger partial charge is 0.467 e. The van der Waals surface area contributed by atoms with Gasteiger partial charge in [0, 0.05) is 31.7 Å². The summed E-state index contributed by atoms with van der Waals surface area (Å²) in [5, 5.41) is 4.09. The van der Waals surface area contributed by atoms with Gasteiger partial charge in [0.25, 0.3) is 0 Å². The highest BCUT2D eigenvalue weighted by Gasteiger charge is 2.42. The number of nitrogens with one attached hydrogen (secondary N) is 1. The third-order valence-electron chi connectivity index (χ3n) is 4.58. The van der Waals surface area contributed by atoms with Crippen molar-refractivity contribution < 1.29 is 4.42 Å². The fourth-order valence-corrected chi connectivity index (χ4v) is 3.64. The Morgan fingerprint density at radius 3 is 2.50 bits per heavy atom. The summed E-state index contributed by atoms with van der Waals surface area (Å²) < 4.78 is 5.75. The predicted octanol–water partition coefficient (Wildman–Crippen LogP) is 3.92. The molecule has 5 nitrogen and oxygen atoms in total. The van der Waals surface area contributed by atoms with Crippen LogP contribution < -0.4 is 15.1 Å². The number of aromatic nitrogens is 1. The maximum atomic E-state index is 5.75. The van der Waals surface area contributed by atoms with Crippen LogP contribution in [0.4, 0.5) is 11.4 Å². The molecule has 3 heterocycles. The van der Waals surface area contributed by atoms with Crippen molar-refractivity contribution >= 4 is 28.7 Å². The molecule has 0 radical (unpaired) electrons. The second-order valence-corrected chi connectivity index (χ2v) is 6.81. The molecule has 3 aromatic rings. The van der Waals surface area contributed by atoms with E-state index in [1.165, 1.54) is 0 Å². The Balaban J connectivity index is 1.76. The number of rotatable bonds is 4. The molecule has 1 aliphatic rings. The molecule has 2 atom stereocenters. The van der Waals surface area contributed by atoms with Gasteiger partial charge in [-0.1, -0.05) is 6.07 Å². The van der Waals surface area contributed by atoms with Crippen molar-refractivity contribution in [2.45, 2.75) is 12.1 Å². The Kier molecular flexibility index (Phi) is 4.34. The van der Waals surface area contributed by atoms with Crippen LogP contribution in [0.3, 0.4) is 0 Å². The number of anilines is 2. The van der Waals surface area contributed by atoms with E-state index in [-0.39, 0.29) is 12.1 Å². The third kappa shape index (κ3) is 2.93. The van der Waals surface area contributed by atoms with Crippen molar-refractivity contribution in [1.29, 1.82) is 0 Å². The summed E-state index contributed by atoms with van der Waals surface area (Å²) in [5.74, 6) is 0.852. The van der Waals surface area contributed by atoms with Crippen molar-refractivity contribution in [2.24, 2.45) is 0 Å². The molecule has 0 aliphatic carbocycles. The van der Waals surface area contributed by atoms with E-state index in [0.717, 1.165) is 22.8 Å². The Morgan fingerprint density at radius 1 is 1.08 bits per heavy atom. The van der Waals surface area contributed by atoms with E-state index < -0.39 is 0 Å². The van der Waals surface area contributed by atoms with Gasteiger partial charge in [-0.25, -0.2) is 0 Å². The minimum atomic E-state index is -0.0994. The number of nitrogens with zero attached hydrogens (tertiary/aromatic N) is 3. The van der Waals surface area contributed by atoms with Gasteiger partial charge < -0.3 is 19.5 Å². The number of hydrogen-bond donors (Lipinski definition) is 1. The zero-order chi connectivity index (χ0) is 18.1. The van der Waals surface area contributed by atoms with Gasteiger partial charge in [-0.3, -0.25) is 4.98 Å². The highest BCUT2D eigenvalue weighted by Crippen LogP contribution is 2.41. The van der Waals surface area contributed by atoms with Crippen molar-refractivity contribution in [3.63, 3.8) is 0 Å². The van der Waals surface area contributed by atoms with Crippen molar-refractivity contribution in [3.8, 4) is 0 Å². The summed E-state index contributed by atoms with van der Waals surface area (Å²) in [6.45, 7) is 0. The zero-order valence-corrected chi connectivity index (χ0v) is 15.5. The van der Waals surface area contributed by atoms with Gasteiger partial charge in [0.1, 0.15) is 11.8 Å². The molecular weight excluding hydrogens is 344 g/mol. The number of pyridine rings is 1. The van der Waals surface area contributed by atoms with Crippen LogP contribution in [0.1, 0.15) is 23.5 Å². The summed E-state index contributed by atoms with van der Waals surface area (Å²) in [7, 11) is 4.06. The van der Waals surface area contributed by atoms with Gasteiger partial charge >= 0.3 is 0 Å². The molecule has 6 heteroatoms. The first kappa shape index (κ1) is 16.6. The summed E-state index contributed by atoms with van der Waals surface area (Å²) >= 11 is 5.67. The van der Waals surface area contributed by atoms with Crippen LogP contribution in [-0.2, 0) is 0 Å². The van der Waals surface area contributed by atoms with E-state index in [4.69, 9.17) is 16.6 Å². The van der Waals surface area contributed by atoms with Crippen molar-refractivity contribution in [3.05, 3.63) is 78.5 Å². The zero-order valence-electron chi connectivity index (χ0n) is 14.7. The third-order valence-corrected chi connectivity index (χ3v) is 4.89. The van der Waals surface area contributed by atoms with Gasteiger partial charge in [-0.05, 0) is 60.7 Å². The van der Waals surface area contributed by atoms with Crippen LogP contribution in [-0.4, -0.2) is 24.2 Å². The van der Waals surface area contributed by atoms with Crippen LogP contribution in [0.5, 0.6) is 0 Å². The quantitative estimate of drug-likeness (QED) is 0.708. The van der Waals surface area contributed by atoms with E-state index >= 15 is 0 Å². The predicted molar refractivity (Wildman–Crippen MR) is 107 cm³/mol. The smallest absolute Gasteiger partial charge is 0.174 e. The molecule has 0 spiro atoms. The second kappa shape index (κ2) is 6.80. The molecule has 1 saturated heterocycles. The molecule has 0 saturated carbocycles. The van der Waals surface area contributed by atoms with Gasteiger partial charge in [0.15, 0.2) is 5.11 Å². The number of furan rings is 1. The Hall–Kier alpha value is -2.86. The molecule has 1 fully saturated rings. The first-order valence-electron chi connectivity index (χ1n) is 8.46. The SMILES string of the molecule is CN(C)c1ccc(N2C(=S)N[C@H](c3ccccn3)[C@@H]2c2ccco2)cc1. The number of hydrogen-bond acceptors (Lipinski definition) is 4. The van der Waals surface area contributed by atoms with E-state index in [1.807, 2.05) is 44.4 Å². The number of thiocarbonyl (C=S) groups is 1. The van der Waals surface area contributed by atoms with Gasteiger partial charge in [0.2, 0.25) is 0 Å². The van der Waals surface area contributed by atoms with Gasteiger partial charge in [0.05, 0.1) is 18.0 Å². The second-order valence-electron chi connectivity index (χ2n) is 6.42. The average Bonchev–Trinajstić information content (AvgIpc) is 3.30. The lowest BCUT2D eigenvalue weighted by molar-refractivity contribution is 0.432. The Bertz CT molecular complexity index is 878. The van der Waals surface area contributed by atoms with Gasteiger partial charge in [-0.2, -0.15) is 0 Å². The topological polar surface area (TPSA) is 44.5 Å². The fraction of sp³-hybridized carbons (Fsp3) is 0.200. The summed E-state index contributed by atoms with van der Waals surface area (Å²) in [6, 6.07) is 18.0. The highest BCUT2D eigenvalue weighted by atomic mass is 32.1. The monoisotopic (exact) mass is 364 g/mol. The summed E-state index contributed by atoms with van der Waals surface area (Å²) in [5.41, 5.74) is 3.10. The molecule has 1 N–H and O–H groups in total. The van der Waals surface area contributed by atoms with Crippen molar-refractivity contribution in [2.75, 3.05) is 23.9 Å². The van der Waals surface area contributed by atoms with Crippen LogP contribution >= 0.6 is 12.2 Å². The van der Waals surface area contributed by atoms with Gasteiger partial charge in [-0.15, -0.1) is 0 Å². The van der Waals surface area contributed by atoms with E-state index in [1.54, 1.807) is 12.5 Å². The molecule has 2 aromatic heterocycles. The van der Waals surface area contributed by atoms with E-state index in [0.29, 0.717) is 5.11 Å². The Labute approximate surface area is 158 Å². The van der Waals surface area contributed by atoms with Crippen LogP contribution in [0.25, 0.3) is 0 Å². The maximum Gasteiger partial charge on any atom is 0.174 e. The molecule has 1 aromatic carbocycles. The number of benzene rings is 1. The molecule has 26 heavy (non-hydrogen) atoms. The lowest BCUT2D eigenvalue weighted by atomic mass is 10.0. The molecule has 1 aliphatic heterocycles. The van der Waals surface area contributed by atoms with E-state index in [9.17, 15) is 0 Å². The summed E-state index contributed by atoms with van der Waals surface area (Å²) in [4.78, 5) is 8.70. The lowest BCUT2D eigenvalue weighted by Gasteiger charge is -2.26. The summed E-state index contributed by atoms with van der Waals surface area (Å²) in [6.07, 6.45) is 3.49. The molecule has 0 unspecified atom stereocenters. The molecular formula is C20H20N4OS. The lowest BCUT2D eigenvalue weighted by Crippen LogP contribution is -2.29. The Morgan fingerprint density at radius 2 is 1.88 bits per heavy atom.